The molecule has 4 aromatic carbocycles. The first-order valence-corrected chi connectivity index (χ1v) is 11.8. The fourth-order valence-corrected chi connectivity index (χ4v) is 4.85. The van der Waals surface area contributed by atoms with Gasteiger partial charge in [-0.2, -0.15) is 5.10 Å². The van der Waals surface area contributed by atoms with Crippen LogP contribution in [0.4, 0.5) is 0 Å². The van der Waals surface area contributed by atoms with Gasteiger partial charge in [-0.05, 0) is 52.9 Å². The van der Waals surface area contributed by atoms with E-state index < -0.39 is 0 Å². The van der Waals surface area contributed by atoms with E-state index in [0.29, 0.717) is 55.5 Å². The van der Waals surface area contributed by atoms with Crippen molar-refractivity contribution in [1.29, 1.82) is 0 Å². The maximum Gasteiger partial charge on any atom is 0.275 e. The van der Waals surface area contributed by atoms with Crippen LogP contribution in [0, 0.1) is 0 Å². The van der Waals surface area contributed by atoms with Gasteiger partial charge in [0.25, 0.3) is 5.91 Å². The number of fused-ring (bicyclic) bond motifs is 3. The maximum absolute atomic E-state index is 13.7. The Bertz CT molecular complexity index is 1600. The van der Waals surface area contributed by atoms with E-state index in [0.717, 1.165) is 11.1 Å². The molecule has 9 heteroatoms. The Balaban J connectivity index is 1.56. The zero-order valence-electron chi connectivity index (χ0n) is 19.9. The number of ether oxygens (including phenoxy) is 4. The zero-order valence-corrected chi connectivity index (χ0v) is 20.7. The average molecular weight is 517 g/mol. The summed E-state index contributed by atoms with van der Waals surface area (Å²) in [5.74, 6) is 1.80. The van der Waals surface area contributed by atoms with Gasteiger partial charge >= 0.3 is 0 Å². The van der Waals surface area contributed by atoms with Gasteiger partial charge in [0.1, 0.15) is 5.75 Å². The van der Waals surface area contributed by atoms with Crippen molar-refractivity contribution < 1.29 is 28.8 Å². The molecule has 4 aromatic rings. The van der Waals surface area contributed by atoms with Crippen molar-refractivity contribution >= 4 is 34.5 Å². The van der Waals surface area contributed by atoms with E-state index in [1.807, 2.05) is 24.3 Å². The lowest BCUT2D eigenvalue weighted by Crippen LogP contribution is -2.18. The predicted octanol–water partition coefficient (Wildman–Crippen LogP) is 5.60. The molecule has 0 bridgehead atoms. The van der Waals surface area contributed by atoms with Gasteiger partial charge in [0, 0.05) is 21.5 Å². The molecule has 2 aliphatic rings. The second-order valence-corrected chi connectivity index (χ2v) is 8.99. The highest BCUT2D eigenvalue weighted by molar-refractivity contribution is 6.30. The van der Waals surface area contributed by atoms with Crippen LogP contribution in [-0.4, -0.2) is 43.2 Å². The summed E-state index contributed by atoms with van der Waals surface area (Å²) < 4.78 is 22.1. The van der Waals surface area contributed by atoms with Crippen LogP contribution in [-0.2, 0) is 6.54 Å². The third-order valence-corrected chi connectivity index (χ3v) is 6.77. The lowest BCUT2D eigenvalue weighted by molar-refractivity contribution is 0.0785. The van der Waals surface area contributed by atoms with E-state index >= 15 is 0 Å². The first-order chi connectivity index (χ1) is 18.0. The quantitative estimate of drug-likeness (QED) is 0.347. The summed E-state index contributed by atoms with van der Waals surface area (Å²) in [6.45, 7) is 0.232. The minimum Gasteiger partial charge on any atom is -0.507 e. The minimum atomic E-state index is -0.333. The van der Waals surface area contributed by atoms with Crippen LogP contribution in [0.25, 0.3) is 21.9 Å². The van der Waals surface area contributed by atoms with E-state index in [4.69, 9.17) is 30.5 Å². The lowest BCUT2D eigenvalue weighted by Gasteiger charge is -2.17. The third-order valence-electron chi connectivity index (χ3n) is 6.52. The Morgan fingerprint density at radius 1 is 0.946 bits per heavy atom. The Hall–Kier alpha value is -4.43. The number of aromatic hydroxyl groups is 1. The normalized spacial score (nSPS) is 14.0. The fourth-order valence-electron chi connectivity index (χ4n) is 4.72. The summed E-state index contributed by atoms with van der Waals surface area (Å²) in [7, 11) is 3.07. The number of phenols is 1. The SMILES string of the molecule is COc1cc2c(O)c3c(c(-c4ccc5c(c4)OCO5)c2cc1OC)C(=O)N(N=Cc1ccc(Cl)cc1)C3. The molecule has 0 spiro atoms. The van der Waals surface area contributed by atoms with Crippen LogP contribution in [0.3, 0.4) is 0 Å². The summed E-state index contributed by atoms with van der Waals surface area (Å²) in [5, 5.41) is 18.9. The molecule has 0 unspecified atom stereocenters. The number of amides is 1. The Labute approximate surface area is 217 Å². The molecule has 0 radical (unpaired) electrons. The van der Waals surface area contributed by atoms with Crippen molar-refractivity contribution in [3.05, 3.63) is 76.3 Å². The smallest absolute Gasteiger partial charge is 0.275 e. The molecule has 186 valence electrons. The lowest BCUT2D eigenvalue weighted by atomic mass is 9.89. The predicted molar refractivity (Wildman–Crippen MR) is 139 cm³/mol. The molecule has 8 nitrogen and oxygen atoms in total. The Morgan fingerprint density at radius 3 is 2.38 bits per heavy atom. The molecule has 0 aliphatic carbocycles. The molecule has 2 aliphatic heterocycles. The fraction of sp³-hybridized carbons (Fsp3) is 0.143. The molecular formula is C28H21ClN2O6. The molecule has 0 saturated carbocycles. The molecule has 2 heterocycles. The van der Waals surface area contributed by atoms with Gasteiger partial charge in [0.05, 0.1) is 32.5 Å². The number of carbonyl (C=O) groups is 1. The maximum atomic E-state index is 13.7. The first-order valence-electron chi connectivity index (χ1n) is 11.4. The molecule has 1 N–H and O–H groups in total. The van der Waals surface area contributed by atoms with Gasteiger partial charge in [-0.25, -0.2) is 5.01 Å². The molecule has 0 fully saturated rings. The van der Waals surface area contributed by atoms with Crippen molar-refractivity contribution in [2.45, 2.75) is 6.54 Å². The molecule has 0 atom stereocenters. The monoisotopic (exact) mass is 516 g/mol. The number of rotatable bonds is 5. The highest BCUT2D eigenvalue weighted by Crippen LogP contribution is 2.49. The summed E-state index contributed by atoms with van der Waals surface area (Å²) >= 11 is 5.97. The zero-order chi connectivity index (χ0) is 25.7. The van der Waals surface area contributed by atoms with Crippen LogP contribution in [0.5, 0.6) is 28.7 Å². The molecular weight excluding hydrogens is 496 g/mol. The molecule has 0 saturated heterocycles. The van der Waals surface area contributed by atoms with Crippen LogP contribution in [0.15, 0.2) is 59.7 Å². The van der Waals surface area contributed by atoms with Gasteiger partial charge in [-0.3, -0.25) is 4.79 Å². The standard InChI is InChI=1S/C28H21ClN2O6/c1-34-22-10-18-19(11-23(22)35-2)27(32)20-13-31(30-12-15-3-6-17(29)7-4-15)28(33)26(20)25(18)16-5-8-21-24(9-16)37-14-36-21/h3-12,32H,13-14H2,1-2H3. The topological polar surface area (TPSA) is 89.8 Å². The van der Waals surface area contributed by atoms with E-state index in [1.54, 1.807) is 36.5 Å². The van der Waals surface area contributed by atoms with Gasteiger partial charge in [-0.15, -0.1) is 0 Å². The van der Waals surface area contributed by atoms with E-state index in [2.05, 4.69) is 5.10 Å². The minimum absolute atomic E-state index is 0.00649. The summed E-state index contributed by atoms with van der Waals surface area (Å²) in [6, 6.07) is 16.1. The van der Waals surface area contributed by atoms with Crippen LogP contribution in [0.1, 0.15) is 21.5 Å². The number of hydrogen-bond acceptors (Lipinski definition) is 7. The average Bonchev–Trinajstić information content (AvgIpc) is 3.52. The first kappa shape index (κ1) is 23.0. The third kappa shape index (κ3) is 3.77. The van der Waals surface area contributed by atoms with Crippen LogP contribution >= 0.6 is 11.6 Å². The van der Waals surface area contributed by atoms with Crippen LogP contribution < -0.4 is 18.9 Å². The molecule has 1 amide bonds. The summed E-state index contributed by atoms with van der Waals surface area (Å²) in [6.07, 6.45) is 1.59. The Kier molecular flexibility index (Phi) is 5.53. The second-order valence-electron chi connectivity index (χ2n) is 8.56. The largest absolute Gasteiger partial charge is 0.507 e. The van der Waals surface area contributed by atoms with E-state index in [1.165, 1.54) is 19.2 Å². The number of nitrogens with zero attached hydrogens (tertiary/aromatic N) is 2. The number of hydrogen-bond donors (Lipinski definition) is 1. The van der Waals surface area contributed by atoms with Crippen molar-refractivity contribution in [2.24, 2.45) is 5.10 Å². The number of carbonyl (C=O) groups excluding carboxylic acids is 1. The van der Waals surface area contributed by atoms with Gasteiger partial charge in [0.2, 0.25) is 6.79 Å². The highest BCUT2D eigenvalue weighted by atomic mass is 35.5. The van der Waals surface area contributed by atoms with Crippen molar-refractivity contribution in [2.75, 3.05) is 21.0 Å². The van der Waals surface area contributed by atoms with Crippen molar-refractivity contribution in [3.63, 3.8) is 0 Å². The van der Waals surface area contributed by atoms with Gasteiger partial charge < -0.3 is 24.1 Å². The molecule has 6 rings (SSSR count). The van der Waals surface area contributed by atoms with Crippen molar-refractivity contribution in [3.8, 4) is 39.9 Å². The Morgan fingerprint density at radius 2 is 1.65 bits per heavy atom. The number of methoxy groups -OCH3 is 2. The van der Waals surface area contributed by atoms with E-state index in [-0.39, 0.29) is 25.0 Å². The second kappa shape index (κ2) is 8.90. The van der Waals surface area contributed by atoms with Gasteiger partial charge in [-0.1, -0.05) is 29.8 Å². The number of phenolic OH excluding ortho intramolecular Hbond substituents is 1. The van der Waals surface area contributed by atoms with E-state index in [9.17, 15) is 9.90 Å². The molecule has 37 heavy (non-hydrogen) atoms. The number of hydrazone groups is 1. The van der Waals surface area contributed by atoms with Gasteiger partial charge in [0.15, 0.2) is 23.0 Å². The summed E-state index contributed by atoms with van der Waals surface area (Å²) in [4.78, 5) is 13.7. The molecule has 0 aromatic heterocycles. The number of benzene rings is 4. The highest BCUT2D eigenvalue weighted by Gasteiger charge is 2.36. The summed E-state index contributed by atoms with van der Waals surface area (Å²) in [5.41, 5.74) is 2.99. The number of halogens is 1. The van der Waals surface area contributed by atoms with Crippen molar-refractivity contribution in [1.82, 2.24) is 5.01 Å². The van der Waals surface area contributed by atoms with Crippen LogP contribution in [0.2, 0.25) is 5.02 Å².